The highest BCUT2D eigenvalue weighted by Gasteiger charge is 2.20. The van der Waals surface area contributed by atoms with E-state index in [-0.39, 0.29) is 11.7 Å². The van der Waals surface area contributed by atoms with Crippen molar-refractivity contribution in [1.29, 1.82) is 0 Å². The number of aromatic nitrogens is 2. The van der Waals surface area contributed by atoms with Gasteiger partial charge in [-0.05, 0) is 58.0 Å². The maximum absolute atomic E-state index is 12.7. The van der Waals surface area contributed by atoms with Crippen molar-refractivity contribution in [3.8, 4) is 0 Å². The minimum Gasteiger partial charge on any atom is -0.354 e. The molecule has 1 amide bonds. The summed E-state index contributed by atoms with van der Waals surface area (Å²) in [5.74, 6) is 1.84. The number of nitrogens with one attached hydrogen (secondary N) is 3. The Morgan fingerprint density at radius 3 is 2.41 bits per heavy atom. The number of anilines is 2. The van der Waals surface area contributed by atoms with E-state index in [0.717, 1.165) is 43.1 Å². The molecule has 10 heteroatoms. The topological polar surface area (TPSA) is 102 Å². The Bertz CT molecular complexity index is 1150. The molecule has 2 rings (SSSR count). The van der Waals surface area contributed by atoms with Gasteiger partial charge >= 0.3 is 0 Å². The van der Waals surface area contributed by atoms with Crippen LogP contribution in [0.15, 0.2) is 66.1 Å². The fourth-order valence-electron chi connectivity index (χ4n) is 3.69. The van der Waals surface area contributed by atoms with Gasteiger partial charge in [0.05, 0.1) is 12.2 Å². The summed E-state index contributed by atoms with van der Waals surface area (Å²) >= 11 is 5.41. The standard InChI is InChI=1S/C27H37N7O2S/c1-8-10-22(9-2)25(18(3)4)32-26(36)19(5)16-28-27(37)31-23-15-24(30-21(7)29-23)34-13-11-33(12-14-34)17-20(6)35/h8-10,15-16H,2-3,11-14,17H2,1,4-7H3,(H,32,36)(H2,28,29,30,31,37)/b10-8-,19-16+,25-22+. The minimum absolute atomic E-state index is 0.170. The average Bonchev–Trinajstić information content (AvgIpc) is 2.84. The molecule has 0 aliphatic carbocycles. The number of nitrogens with zero attached hydrogens (tertiary/aromatic N) is 4. The Balaban J connectivity index is 2.02. The van der Waals surface area contributed by atoms with Crippen LogP contribution in [0.2, 0.25) is 0 Å². The lowest BCUT2D eigenvalue weighted by Crippen LogP contribution is -2.48. The zero-order valence-electron chi connectivity index (χ0n) is 22.4. The highest BCUT2D eigenvalue weighted by Crippen LogP contribution is 2.18. The van der Waals surface area contributed by atoms with Crippen LogP contribution >= 0.6 is 12.2 Å². The predicted octanol–water partition coefficient (Wildman–Crippen LogP) is 3.39. The zero-order chi connectivity index (χ0) is 27.5. The third kappa shape index (κ3) is 9.40. The zero-order valence-corrected chi connectivity index (χ0v) is 23.2. The maximum atomic E-state index is 12.7. The molecule has 2 heterocycles. The van der Waals surface area contributed by atoms with Gasteiger partial charge in [-0.15, -0.1) is 0 Å². The molecule has 0 radical (unpaired) electrons. The van der Waals surface area contributed by atoms with Gasteiger partial charge in [0.2, 0.25) is 0 Å². The van der Waals surface area contributed by atoms with Gasteiger partial charge in [-0.2, -0.15) is 0 Å². The van der Waals surface area contributed by atoms with Crippen LogP contribution in [-0.2, 0) is 9.59 Å². The monoisotopic (exact) mass is 523 g/mol. The number of rotatable bonds is 10. The summed E-state index contributed by atoms with van der Waals surface area (Å²) in [5, 5.41) is 9.18. The highest BCUT2D eigenvalue weighted by molar-refractivity contribution is 7.80. The fraction of sp³-hybridized carbons (Fsp3) is 0.370. The number of Topliss-reactive ketones (excluding diaryl/α,β-unsaturated/α-hetero) is 1. The van der Waals surface area contributed by atoms with E-state index in [1.807, 2.05) is 39.0 Å². The first-order valence-electron chi connectivity index (χ1n) is 12.1. The first kappa shape index (κ1) is 29.6. The molecule has 0 unspecified atom stereocenters. The van der Waals surface area contributed by atoms with E-state index in [2.05, 4.69) is 48.9 Å². The van der Waals surface area contributed by atoms with Crippen molar-refractivity contribution in [3.63, 3.8) is 0 Å². The SMILES string of the molecule is C=CC(/C=C\C)=C(\NC(=O)/C(C)=C/NC(=S)Nc1cc(N2CCN(CC(C)=O)CC2)nc(C)n1)C(=C)C. The molecular weight excluding hydrogens is 486 g/mol. The number of allylic oxidation sites excluding steroid dienone is 5. The molecule has 1 aliphatic rings. The summed E-state index contributed by atoms with van der Waals surface area (Å²) in [4.78, 5) is 37.4. The van der Waals surface area contributed by atoms with Crippen molar-refractivity contribution in [2.24, 2.45) is 0 Å². The lowest BCUT2D eigenvalue weighted by Gasteiger charge is -2.35. The Morgan fingerprint density at radius 2 is 1.84 bits per heavy atom. The quantitative estimate of drug-likeness (QED) is 0.242. The number of hydrogen-bond acceptors (Lipinski definition) is 7. The average molecular weight is 524 g/mol. The highest BCUT2D eigenvalue weighted by atomic mass is 32.1. The lowest BCUT2D eigenvalue weighted by molar-refractivity contribution is -0.118. The predicted molar refractivity (Wildman–Crippen MR) is 154 cm³/mol. The Labute approximate surface area is 225 Å². The number of hydrogen-bond donors (Lipinski definition) is 3. The fourth-order valence-corrected chi connectivity index (χ4v) is 3.85. The third-order valence-corrected chi connectivity index (χ3v) is 5.73. The van der Waals surface area contributed by atoms with E-state index in [4.69, 9.17) is 12.2 Å². The summed E-state index contributed by atoms with van der Waals surface area (Å²) in [5.41, 5.74) is 2.53. The van der Waals surface area contributed by atoms with E-state index in [0.29, 0.717) is 34.6 Å². The van der Waals surface area contributed by atoms with Crippen LogP contribution in [0.4, 0.5) is 11.6 Å². The molecule has 0 saturated carbocycles. The van der Waals surface area contributed by atoms with Gasteiger partial charge in [0, 0.05) is 44.0 Å². The van der Waals surface area contributed by atoms with Crippen LogP contribution in [0.25, 0.3) is 0 Å². The van der Waals surface area contributed by atoms with E-state index < -0.39 is 0 Å². The molecule has 1 saturated heterocycles. The Hall–Kier alpha value is -3.63. The number of amides is 1. The van der Waals surface area contributed by atoms with Gasteiger partial charge < -0.3 is 20.9 Å². The number of piperazine rings is 1. The van der Waals surface area contributed by atoms with Crippen LogP contribution in [0.5, 0.6) is 0 Å². The summed E-state index contributed by atoms with van der Waals surface area (Å²) in [6.45, 7) is 20.2. The van der Waals surface area contributed by atoms with Crippen molar-refractivity contribution in [1.82, 2.24) is 25.5 Å². The number of carbonyl (C=O) groups is 2. The van der Waals surface area contributed by atoms with Crippen molar-refractivity contribution < 1.29 is 9.59 Å². The van der Waals surface area contributed by atoms with E-state index in [1.165, 1.54) is 6.20 Å². The maximum Gasteiger partial charge on any atom is 0.252 e. The molecule has 37 heavy (non-hydrogen) atoms. The van der Waals surface area contributed by atoms with Gasteiger partial charge in [0.25, 0.3) is 5.91 Å². The molecule has 1 aliphatic heterocycles. The molecule has 1 aromatic heterocycles. The van der Waals surface area contributed by atoms with Crippen LogP contribution in [0.3, 0.4) is 0 Å². The van der Waals surface area contributed by atoms with Gasteiger partial charge in [0.15, 0.2) is 5.11 Å². The van der Waals surface area contributed by atoms with Gasteiger partial charge in [-0.25, -0.2) is 9.97 Å². The smallest absolute Gasteiger partial charge is 0.252 e. The molecule has 1 aromatic rings. The molecular formula is C27H37N7O2S. The molecule has 1 fully saturated rings. The van der Waals surface area contributed by atoms with Crippen molar-refractivity contribution in [3.05, 3.63) is 71.9 Å². The van der Waals surface area contributed by atoms with Gasteiger partial charge in [0.1, 0.15) is 23.2 Å². The van der Waals surface area contributed by atoms with E-state index in [1.54, 1.807) is 19.9 Å². The number of aryl methyl sites for hydroxylation is 1. The first-order chi connectivity index (χ1) is 17.5. The Kier molecular flexibility index (Phi) is 11.4. The summed E-state index contributed by atoms with van der Waals surface area (Å²) < 4.78 is 0. The minimum atomic E-state index is -0.291. The summed E-state index contributed by atoms with van der Waals surface area (Å²) in [6, 6.07) is 1.84. The second-order valence-electron chi connectivity index (χ2n) is 8.82. The third-order valence-electron chi connectivity index (χ3n) is 5.51. The number of ketones is 1. The second-order valence-corrected chi connectivity index (χ2v) is 9.23. The largest absolute Gasteiger partial charge is 0.354 e. The number of carbonyl (C=O) groups excluding carboxylic acids is 2. The van der Waals surface area contributed by atoms with Crippen LogP contribution in [-0.4, -0.2) is 64.4 Å². The van der Waals surface area contributed by atoms with E-state index in [9.17, 15) is 9.59 Å². The molecule has 0 bridgehead atoms. The van der Waals surface area contributed by atoms with Crippen LogP contribution in [0.1, 0.15) is 33.5 Å². The second kappa shape index (κ2) is 14.2. The van der Waals surface area contributed by atoms with Gasteiger partial charge in [-0.1, -0.05) is 31.4 Å². The lowest BCUT2D eigenvalue weighted by atomic mass is 10.1. The molecule has 9 nitrogen and oxygen atoms in total. The molecule has 3 N–H and O–H groups in total. The molecule has 198 valence electrons. The van der Waals surface area contributed by atoms with Gasteiger partial charge in [-0.3, -0.25) is 14.5 Å². The Morgan fingerprint density at radius 1 is 1.16 bits per heavy atom. The van der Waals surface area contributed by atoms with E-state index >= 15 is 0 Å². The molecule has 0 aromatic carbocycles. The molecule has 0 spiro atoms. The first-order valence-corrected chi connectivity index (χ1v) is 12.5. The van der Waals surface area contributed by atoms with Crippen molar-refractivity contribution >= 4 is 40.7 Å². The normalized spacial score (nSPS) is 15.2. The summed E-state index contributed by atoms with van der Waals surface area (Å²) in [7, 11) is 0. The van der Waals surface area contributed by atoms with Crippen molar-refractivity contribution in [2.75, 3.05) is 42.9 Å². The number of thiocarbonyl (C=S) groups is 1. The summed E-state index contributed by atoms with van der Waals surface area (Å²) in [6.07, 6.45) is 6.94. The van der Waals surface area contributed by atoms with Crippen LogP contribution in [0, 0.1) is 6.92 Å². The van der Waals surface area contributed by atoms with Crippen molar-refractivity contribution in [2.45, 2.75) is 34.6 Å². The molecule has 0 atom stereocenters. The van der Waals surface area contributed by atoms with Crippen LogP contribution < -0.4 is 20.9 Å².